The van der Waals surface area contributed by atoms with Crippen molar-refractivity contribution in [1.29, 1.82) is 0 Å². The van der Waals surface area contributed by atoms with Gasteiger partial charge in [-0.3, -0.25) is 0 Å². The summed E-state index contributed by atoms with van der Waals surface area (Å²) in [5.74, 6) is 0. The molecule has 0 radical (unpaired) electrons. The molecule has 0 aliphatic heterocycles. The summed E-state index contributed by atoms with van der Waals surface area (Å²) in [7, 11) is 0. The monoisotopic (exact) mass is 318 g/mol. The van der Waals surface area contributed by atoms with Crippen molar-refractivity contribution >= 4 is 11.2 Å². The van der Waals surface area contributed by atoms with Crippen LogP contribution in [0.1, 0.15) is 0 Å². The van der Waals surface area contributed by atoms with Gasteiger partial charge in [0.05, 0.1) is 0 Å². The topological polar surface area (TPSA) is 0 Å². The quantitative estimate of drug-likeness (QED) is 0.592. The predicted octanol–water partition coefficient (Wildman–Crippen LogP) is 1.42. The zero-order chi connectivity index (χ0) is 4.50. The molecule has 0 unspecified atom stereocenters. The van der Waals surface area contributed by atoms with E-state index in [-0.39, 0.29) is 51.0 Å². The Balaban J connectivity index is -0.0000000800. The molecule has 6 heteroatoms. The maximum absolute atomic E-state index is 10.4. The van der Waals surface area contributed by atoms with Gasteiger partial charge in [-0.25, -0.2) is 0 Å². The zero-order valence-corrected chi connectivity index (χ0v) is 6.93. The van der Waals surface area contributed by atoms with Crippen molar-refractivity contribution in [2.45, 2.75) is 0 Å². The van der Waals surface area contributed by atoms with E-state index in [9.17, 15) is 11.7 Å². The van der Waals surface area contributed by atoms with Gasteiger partial charge < -0.3 is 22.8 Å². The third-order valence-corrected chi connectivity index (χ3v) is 0. The van der Waals surface area contributed by atoms with Crippen LogP contribution in [0, 0.1) is 0 Å². The first-order chi connectivity index (χ1) is 2.00. The summed E-state index contributed by atoms with van der Waals surface area (Å²) in [6.07, 6.45) is 0.271. The van der Waals surface area contributed by atoms with Crippen molar-refractivity contribution in [3.05, 3.63) is 0 Å². The fourth-order valence-corrected chi connectivity index (χ4v) is 0. The first-order valence-electron chi connectivity index (χ1n) is 0.871. The average molecular weight is 320 g/mol. The van der Waals surface area contributed by atoms with Gasteiger partial charge in [-0.2, -0.15) is 6.26 Å². The SMILES string of the molecule is C[S-2](F)(F)F.[Ag+].[Ag+]. The van der Waals surface area contributed by atoms with Crippen molar-refractivity contribution in [3.8, 4) is 0 Å². The van der Waals surface area contributed by atoms with Gasteiger partial charge in [-0.05, 0) is 0 Å². The van der Waals surface area contributed by atoms with E-state index in [2.05, 4.69) is 0 Å². The number of hydrogen-bond donors (Lipinski definition) is 0. The minimum Gasteiger partial charge on any atom is -0.478 e. The molecule has 0 aliphatic carbocycles. The van der Waals surface area contributed by atoms with Crippen molar-refractivity contribution in [2.24, 2.45) is 0 Å². The van der Waals surface area contributed by atoms with Crippen molar-refractivity contribution in [2.75, 3.05) is 6.26 Å². The molecule has 0 aromatic rings. The van der Waals surface area contributed by atoms with Gasteiger partial charge in [0.2, 0.25) is 0 Å². The third kappa shape index (κ3) is 91.7. The molecule has 0 saturated carbocycles. The van der Waals surface area contributed by atoms with Crippen LogP contribution in [0.5, 0.6) is 0 Å². The van der Waals surface area contributed by atoms with Gasteiger partial charge in [-0.1, -0.05) is 0 Å². The third-order valence-electron chi connectivity index (χ3n) is 0. The Morgan fingerprint density at radius 2 is 1.00 bits per heavy atom. The molecule has 0 nitrogen and oxygen atoms in total. The Morgan fingerprint density at radius 1 is 1.00 bits per heavy atom. The van der Waals surface area contributed by atoms with Crippen LogP contribution in [0.4, 0.5) is 11.7 Å². The largest absolute Gasteiger partial charge is 1.00 e. The summed E-state index contributed by atoms with van der Waals surface area (Å²) < 4.78 is 31.3. The molecule has 0 aliphatic rings. The summed E-state index contributed by atoms with van der Waals surface area (Å²) in [4.78, 5) is 0. The van der Waals surface area contributed by atoms with Gasteiger partial charge in [0.15, 0.2) is 0 Å². The Bertz CT molecular complexity index is 28.4. The van der Waals surface area contributed by atoms with Gasteiger partial charge in [0.1, 0.15) is 0 Å². The van der Waals surface area contributed by atoms with Crippen LogP contribution in [0.2, 0.25) is 0 Å². The normalized spacial score (nSPS) is 10.9. The first kappa shape index (κ1) is 15.8. The van der Waals surface area contributed by atoms with Crippen LogP contribution >= 0.6 is 0 Å². The van der Waals surface area contributed by atoms with Gasteiger partial charge >= 0.3 is 44.8 Å². The smallest absolute Gasteiger partial charge is 0.478 e. The summed E-state index contributed by atoms with van der Waals surface area (Å²) in [6.45, 7) is 0. The summed E-state index contributed by atoms with van der Waals surface area (Å²) in [6, 6.07) is 0. The molecule has 0 saturated heterocycles. The second-order valence-electron chi connectivity index (χ2n) is 0.638. The summed E-state index contributed by atoms with van der Waals surface area (Å²) in [5.41, 5.74) is 0. The molecule has 0 atom stereocenters. The van der Waals surface area contributed by atoms with Crippen LogP contribution in [-0.2, 0) is 55.9 Å². The molecule has 7 heavy (non-hydrogen) atoms. The minimum atomic E-state index is -4.67. The zero-order valence-electron chi connectivity index (χ0n) is 3.15. The van der Waals surface area contributed by atoms with Crippen LogP contribution < -0.4 is 0 Å². The van der Waals surface area contributed by atoms with Crippen molar-refractivity contribution in [1.82, 2.24) is 0 Å². The fraction of sp³-hybridized carbons (Fsp3) is 1.00. The molecule has 0 aromatic heterocycles. The van der Waals surface area contributed by atoms with E-state index in [1.165, 1.54) is 0 Å². The van der Waals surface area contributed by atoms with Crippen molar-refractivity contribution in [3.63, 3.8) is 0 Å². The Kier molecular flexibility index (Phi) is 13.0. The van der Waals surface area contributed by atoms with Gasteiger partial charge in [0, 0.05) is 0 Å². The van der Waals surface area contributed by atoms with Gasteiger partial charge in [-0.15, -0.1) is 0 Å². The van der Waals surface area contributed by atoms with E-state index >= 15 is 0 Å². The van der Waals surface area contributed by atoms with Crippen LogP contribution in [0.15, 0.2) is 0 Å². The molecule has 0 heterocycles. The van der Waals surface area contributed by atoms with E-state index in [0.717, 1.165) is 0 Å². The Labute approximate surface area is 73.4 Å². The fourth-order valence-electron chi connectivity index (χ4n) is 0. The molecule has 0 N–H and O–H groups in total. The van der Waals surface area contributed by atoms with Gasteiger partial charge in [0.25, 0.3) is 0 Å². The van der Waals surface area contributed by atoms with Crippen LogP contribution in [-0.4, -0.2) is 6.26 Å². The second kappa shape index (κ2) is 5.75. The van der Waals surface area contributed by atoms with Crippen LogP contribution in [0.25, 0.3) is 0 Å². The van der Waals surface area contributed by atoms with E-state index in [4.69, 9.17) is 0 Å². The minimum absolute atomic E-state index is 0. The molecule has 0 aromatic carbocycles. The number of hydrogen-bond acceptors (Lipinski definition) is 0. The van der Waals surface area contributed by atoms with E-state index < -0.39 is 11.2 Å². The Morgan fingerprint density at radius 3 is 1.00 bits per heavy atom. The van der Waals surface area contributed by atoms with E-state index in [1.807, 2.05) is 0 Å². The Hall–Kier alpha value is 1.62. The summed E-state index contributed by atoms with van der Waals surface area (Å²) in [5, 5.41) is 0. The standard InChI is InChI=1S/CH3F3S.2Ag/c1-5(2,3)4;;/h1H3;;/q-2;2*+1. The second-order valence-corrected chi connectivity index (χ2v) is 1.91. The number of halogens is 3. The molecular weight excluding hydrogens is 317 g/mol. The maximum Gasteiger partial charge on any atom is 1.00 e. The molecule has 0 amide bonds. The molecule has 0 spiro atoms. The van der Waals surface area contributed by atoms with Crippen molar-refractivity contribution < 1.29 is 56.4 Å². The number of rotatable bonds is 0. The average Bonchev–Trinajstić information content (AvgIpc) is 0.722. The molecule has 0 fully saturated rings. The maximum atomic E-state index is 10.4. The van der Waals surface area contributed by atoms with E-state index in [1.54, 1.807) is 0 Å². The molecular formula is CH3Ag2F3S. The summed E-state index contributed by atoms with van der Waals surface area (Å²) >= 11 is -4.67. The predicted molar refractivity (Wildman–Crippen MR) is 16.6 cm³/mol. The molecule has 0 bridgehead atoms. The van der Waals surface area contributed by atoms with Crippen LogP contribution in [0.3, 0.4) is 0 Å². The van der Waals surface area contributed by atoms with E-state index in [0.29, 0.717) is 0 Å². The molecule has 56 valence electrons. The molecule has 0 rings (SSSR count). The first-order valence-corrected chi connectivity index (χ1v) is 2.61.